The summed E-state index contributed by atoms with van der Waals surface area (Å²) in [6, 6.07) is 2.59. The molecule has 0 saturated carbocycles. The van der Waals surface area contributed by atoms with Crippen LogP contribution in [0.5, 0.6) is 0 Å². The number of nitrogens with zero attached hydrogens (tertiary/aromatic N) is 2. The van der Waals surface area contributed by atoms with Gasteiger partial charge in [0.05, 0.1) is 5.69 Å². The zero-order chi connectivity index (χ0) is 13.4. The molecule has 0 aliphatic rings. The van der Waals surface area contributed by atoms with E-state index in [1.165, 1.54) is 12.8 Å². The second-order valence-corrected chi connectivity index (χ2v) is 5.43. The minimum Gasteiger partial charge on any atom is -0.311 e. The monoisotopic (exact) mass is 271 g/mol. The lowest BCUT2D eigenvalue weighted by atomic mass is 10.1. The van der Waals surface area contributed by atoms with Crippen molar-refractivity contribution in [3.8, 4) is 0 Å². The van der Waals surface area contributed by atoms with Gasteiger partial charge >= 0.3 is 0 Å². The zero-order valence-electron chi connectivity index (χ0n) is 11.8. The topological polar surface area (TPSA) is 29.9 Å². The van der Waals surface area contributed by atoms with Crippen LogP contribution in [0.1, 0.15) is 51.8 Å². The lowest BCUT2D eigenvalue weighted by Crippen LogP contribution is -2.16. The summed E-state index contributed by atoms with van der Waals surface area (Å²) in [5.41, 5.74) is 1.13. The second-order valence-electron chi connectivity index (χ2n) is 5.12. The molecular weight excluding hydrogens is 246 g/mol. The Kier molecular flexibility index (Phi) is 7.36. The Labute approximate surface area is 116 Å². The SMILES string of the molecule is CCC(C)n1ccc(CNCCCC(C)CCl)n1. The maximum atomic E-state index is 5.77. The summed E-state index contributed by atoms with van der Waals surface area (Å²) in [6.07, 6.45) is 5.56. The van der Waals surface area contributed by atoms with Crippen LogP contribution in [-0.2, 0) is 6.54 Å². The van der Waals surface area contributed by atoms with Crippen LogP contribution in [0, 0.1) is 5.92 Å². The molecule has 2 unspecified atom stereocenters. The number of halogens is 1. The van der Waals surface area contributed by atoms with Crippen molar-refractivity contribution in [3.63, 3.8) is 0 Å². The zero-order valence-corrected chi connectivity index (χ0v) is 12.6. The normalized spacial score (nSPS) is 14.7. The molecule has 2 atom stereocenters. The first-order chi connectivity index (χ1) is 8.67. The molecular formula is C14H26ClN3. The second kappa shape index (κ2) is 8.54. The smallest absolute Gasteiger partial charge is 0.0762 e. The average molecular weight is 272 g/mol. The van der Waals surface area contributed by atoms with E-state index in [0.717, 1.165) is 31.1 Å². The van der Waals surface area contributed by atoms with Crippen molar-refractivity contribution >= 4 is 11.6 Å². The lowest BCUT2D eigenvalue weighted by Gasteiger charge is -2.09. The molecule has 0 aliphatic carbocycles. The van der Waals surface area contributed by atoms with Gasteiger partial charge in [-0.3, -0.25) is 4.68 Å². The summed E-state index contributed by atoms with van der Waals surface area (Å²) in [4.78, 5) is 0. The van der Waals surface area contributed by atoms with Crippen LogP contribution < -0.4 is 5.32 Å². The van der Waals surface area contributed by atoms with E-state index in [-0.39, 0.29) is 0 Å². The minimum absolute atomic E-state index is 0.489. The average Bonchev–Trinajstić information content (AvgIpc) is 2.85. The highest BCUT2D eigenvalue weighted by atomic mass is 35.5. The number of aromatic nitrogens is 2. The molecule has 104 valence electrons. The largest absolute Gasteiger partial charge is 0.311 e. The third-order valence-corrected chi connectivity index (χ3v) is 3.85. The van der Waals surface area contributed by atoms with Crippen LogP contribution in [0.25, 0.3) is 0 Å². The van der Waals surface area contributed by atoms with Crippen LogP contribution in [0.3, 0.4) is 0 Å². The molecule has 4 heteroatoms. The predicted molar refractivity (Wildman–Crippen MR) is 78.1 cm³/mol. The Hall–Kier alpha value is -0.540. The Bertz CT molecular complexity index is 325. The van der Waals surface area contributed by atoms with Crippen LogP contribution in [0.15, 0.2) is 12.3 Å². The molecule has 18 heavy (non-hydrogen) atoms. The maximum absolute atomic E-state index is 5.77. The molecule has 0 radical (unpaired) electrons. The lowest BCUT2D eigenvalue weighted by molar-refractivity contribution is 0.469. The Morgan fingerprint density at radius 1 is 1.44 bits per heavy atom. The molecule has 0 saturated heterocycles. The first kappa shape index (κ1) is 15.5. The molecule has 0 bridgehead atoms. The van der Waals surface area contributed by atoms with Gasteiger partial charge in [0.25, 0.3) is 0 Å². The highest BCUT2D eigenvalue weighted by molar-refractivity contribution is 6.18. The van der Waals surface area contributed by atoms with E-state index >= 15 is 0 Å². The van der Waals surface area contributed by atoms with Crippen molar-refractivity contribution in [2.24, 2.45) is 5.92 Å². The van der Waals surface area contributed by atoms with E-state index in [2.05, 4.69) is 43.4 Å². The quantitative estimate of drug-likeness (QED) is 0.549. The predicted octanol–water partition coefficient (Wildman–Crippen LogP) is 3.60. The summed E-state index contributed by atoms with van der Waals surface area (Å²) in [7, 11) is 0. The van der Waals surface area contributed by atoms with Crippen molar-refractivity contribution in [1.29, 1.82) is 0 Å². The van der Waals surface area contributed by atoms with Crippen molar-refractivity contribution in [1.82, 2.24) is 15.1 Å². The van der Waals surface area contributed by atoms with Gasteiger partial charge in [0.2, 0.25) is 0 Å². The number of nitrogens with one attached hydrogen (secondary N) is 1. The van der Waals surface area contributed by atoms with Gasteiger partial charge in [-0.25, -0.2) is 0 Å². The van der Waals surface area contributed by atoms with E-state index in [1.807, 2.05) is 4.68 Å². The molecule has 0 aliphatic heterocycles. The summed E-state index contributed by atoms with van der Waals surface area (Å²) in [5, 5.41) is 8.00. The fourth-order valence-corrected chi connectivity index (χ4v) is 1.93. The van der Waals surface area contributed by atoms with Crippen molar-refractivity contribution in [3.05, 3.63) is 18.0 Å². The molecule has 1 aromatic rings. The van der Waals surface area contributed by atoms with Gasteiger partial charge in [-0.2, -0.15) is 5.10 Å². The highest BCUT2D eigenvalue weighted by Gasteiger charge is 2.04. The molecule has 1 aromatic heterocycles. The molecule has 0 spiro atoms. The van der Waals surface area contributed by atoms with E-state index in [9.17, 15) is 0 Å². The first-order valence-electron chi connectivity index (χ1n) is 6.98. The van der Waals surface area contributed by atoms with Crippen LogP contribution in [-0.4, -0.2) is 22.2 Å². The first-order valence-corrected chi connectivity index (χ1v) is 7.51. The van der Waals surface area contributed by atoms with Gasteiger partial charge < -0.3 is 5.32 Å². The van der Waals surface area contributed by atoms with Crippen molar-refractivity contribution in [2.75, 3.05) is 12.4 Å². The third-order valence-electron chi connectivity index (χ3n) is 3.33. The molecule has 0 aromatic carbocycles. The molecule has 1 heterocycles. The number of hydrogen-bond donors (Lipinski definition) is 1. The van der Waals surface area contributed by atoms with E-state index < -0.39 is 0 Å². The number of alkyl halides is 1. The summed E-state index contributed by atoms with van der Waals surface area (Å²) < 4.78 is 2.05. The van der Waals surface area contributed by atoms with Crippen LogP contribution in [0.4, 0.5) is 0 Å². The van der Waals surface area contributed by atoms with E-state index in [0.29, 0.717) is 12.0 Å². The molecule has 1 N–H and O–H groups in total. The Morgan fingerprint density at radius 3 is 2.89 bits per heavy atom. The van der Waals surface area contributed by atoms with E-state index in [1.54, 1.807) is 0 Å². The fourth-order valence-electron chi connectivity index (χ4n) is 1.77. The summed E-state index contributed by atoms with van der Waals surface area (Å²) in [5.74, 6) is 1.39. The fraction of sp³-hybridized carbons (Fsp3) is 0.786. The third kappa shape index (κ3) is 5.40. The molecule has 1 rings (SSSR count). The summed E-state index contributed by atoms with van der Waals surface area (Å²) >= 11 is 5.77. The molecule has 0 amide bonds. The number of hydrogen-bond acceptors (Lipinski definition) is 2. The van der Waals surface area contributed by atoms with Gasteiger partial charge in [0, 0.05) is 24.7 Å². The molecule has 3 nitrogen and oxygen atoms in total. The standard InChI is InChI=1S/C14H26ClN3/c1-4-13(3)18-9-7-14(17-18)11-16-8-5-6-12(2)10-15/h7,9,12-13,16H,4-6,8,10-11H2,1-3H3. The van der Waals surface area contributed by atoms with Crippen LogP contribution in [0.2, 0.25) is 0 Å². The molecule has 0 fully saturated rings. The van der Waals surface area contributed by atoms with Gasteiger partial charge in [-0.05, 0) is 44.7 Å². The highest BCUT2D eigenvalue weighted by Crippen LogP contribution is 2.09. The van der Waals surface area contributed by atoms with Gasteiger partial charge in [0.15, 0.2) is 0 Å². The van der Waals surface area contributed by atoms with Crippen molar-refractivity contribution < 1.29 is 0 Å². The Morgan fingerprint density at radius 2 is 2.22 bits per heavy atom. The Balaban J connectivity index is 2.17. The van der Waals surface area contributed by atoms with Gasteiger partial charge in [0.1, 0.15) is 0 Å². The number of rotatable bonds is 9. The maximum Gasteiger partial charge on any atom is 0.0762 e. The van der Waals surface area contributed by atoms with E-state index in [4.69, 9.17) is 11.6 Å². The van der Waals surface area contributed by atoms with Gasteiger partial charge in [-0.15, -0.1) is 11.6 Å². The minimum atomic E-state index is 0.489. The van der Waals surface area contributed by atoms with Gasteiger partial charge in [-0.1, -0.05) is 13.8 Å². The van der Waals surface area contributed by atoms with Crippen molar-refractivity contribution in [2.45, 2.75) is 52.6 Å². The summed E-state index contributed by atoms with van der Waals surface area (Å²) in [6.45, 7) is 8.47. The van der Waals surface area contributed by atoms with Crippen LogP contribution >= 0.6 is 11.6 Å².